The molecule has 1 aromatic carbocycles. The van der Waals surface area contributed by atoms with Gasteiger partial charge in [-0.15, -0.1) is 0 Å². The van der Waals surface area contributed by atoms with Crippen LogP contribution in [0, 0.1) is 0 Å². The molecule has 21 heavy (non-hydrogen) atoms. The van der Waals surface area contributed by atoms with Crippen molar-refractivity contribution in [3.8, 4) is 17.0 Å². The Labute approximate surface area is 125 Å². The number of hydrogen-bond donors (Lipinski definition) is 1. The number of anilines is 1. The zero-order chi connectivity index (χ0) is 15.2. The smallest absolute Gasteiger partial charge is 0.130 e. The van der Waals surface area contributed by atoms with E-state index in [4.69, 9.17) is 15.2 Å². The van der Waals surface area contributed by atoms with Crippen LogP contribution in [-0.4, -0.2) is 30.3 Å². The lowest BCUT2D eigenvalue weighted by Gasteiger charge is -2.16. The van der Waals surface area contributed by atoms with Crippen LogP contribution in [0.4, 0.5) is 5.82 Å². The minimum absolute atomic E-state index is 0.230. The molecule has 0 spiro atoms. The second kappa shape index (κ2) is 7.04. The van der Waals surface area contributed by atoms with Gasteiger partial charge in [-0.25, -0.2) is 9.97 Å². The van der Waals surface area contributed by atoms with E-state index in [0.29, 0.717) is 19.0 Å². The van der Waals surface area contributed by atoms with Crippen molar-refractivity contribution < 1.29 is 9.47 Å². The number of hydrogen-bond acceptors (Lipinski definition) is 5. The van der Waals surface area contributed by atoms with Crippen LogP contribution in [0.25, 0.3) is 11.3 Å². The summed E-state index contributed by atoms with van der Waals surface area (Å²) in [6.45, 7) is 5.18. The average Bonchev–Trinajstić information content (AvgIpc) is 2.47. The summed E-state index contributed by atoms with van der Waals surface area (Å²) in [4.78, 5) is 8.52. The van der Waals surface area contributed by atoms with Gasteiger partial charge in [0, 0.05) is 18.2 Å². The molecule has 0 unspecified atom stereocenters. The first-order valence-electron chi connectivity index (χ1n) is 6.96. The summed E-state index contributed by atoms with van der Waals surface area (Å²) in [5.74, 6) is 1.52. The highest BCUT2D eigenvalue weighted by Crippen LogP contribution is 2.35. The third kappa shape index (κ3) is 3.49. The van der Waals surface area contributed by atoms with E-state index in [1.165, 1.54) is 6.33 Å². The minimum Gasteiger partial charge on any atom is -0.490 e. The number of methoxy groups -OCH3 is 1. The van der Waals surface area contributed by atoms with Crippen molar-refractivity contribution >= 4 is 5.82 Å². The van der Waals surface area contributed by atoms with Crippen molar-refractivity contribution in [1.82, 2.24) is 9.97 Å². The standard InChI is InChI=1S/C16H21N3O2/c1-11(2)14-15(18-10-19-16(14)17)12-6-4-5-7-13(12)21-9-8-20-3/h4-7,10-11H,8-9H2,1-3H3,(H2,17,18,19). The van der Waals surface area contributed by atoms with E-state index in [0.717, 1.165) is 22.6 Å². The monoisotopic (exact) mass is 287 g/mol. The van der Waals surface area contributed by atoms with Gasteiger partial charge in [0.25, 0.3) is 0 Å². The van der Waals surface area contributed by atoms with Gasteiger partial charge in [0.1, 0.15) is 24.5 Å². The number of rotatable bonds is 6. The van der Waals surface area contributed by atoms with Gasteiger partial charge in [0.2, 0.25) is 0 Å². The lowest BCUT2D eigenvalue weighted by Crippen LogP contribution is -2.07. The van der Waals surface area contributed by atoms with E-state index in [-0.39, 0.29) is 5.92 Å². The van der Waals surface area contributed by atoms with Crippen molar-refractivity contribution in [1.29, 1.82) is 0 Å². The Morgan fingerprint density at radius 2 is 1.90 bits per heavy atom. The molecule has 1 heterocycles. The van der Waals surface area contributed by atoms with Crippen LogP contribution < -0.4 is 10.5 Å². The highest BCUT2D eigenvalue weighted by Gasteiger charge is 2.17. The molecule has 0 aliphatic carbocycles. The van der Waals surface area contributed by atoms with E-state index in [2.05, 4.69) is 23.8 Å². The molecule has 112 valence electrons. The molecule has 1 aromatic heterocycles. The van der Waals surface area contributed by atoms with E-state index < -0.39 is 0 Å². The Kier molecular flexibility index (Phi) is 5.11. The summed E-state index contributed by atoms with van der Waals surface area (Å²) in [6.07, 6.45) is 1.49. The van der Waals surface area contributed by atoms with Crippen LogP contribution in [0.5, 0.6) is 5.75 Å². The molecule has 0 fully saturated rings. The summed E-state index contributed by atoms with van der Waals surface area (Å²) in [5, 5.41) is 0. The molecule has 0 saturated heterocycles. The normalized spacial score (nSPS) is 10.9. The Hall–Kier alpha value is -2.14. The number of para-hydroxylation sites is 1. The molecule has 5 nitrogen and oxygen atoms in total. The Morgan fingerprint density at radius 1 is 1.14 bits per heavy atom. The molecule has 5 heteroatoms. The van der Waals surface area contributed by atoms with E-state index in [9.17, 15) is 0 Å². The fourth-order valence-electron chi connectivity index (χ4n) is 2.22. The fraction of sp³-hybridized carbons (Fsp3) is 0.375. The van der Waals surface area contributed by atoms with Gasteiger partial charge in [0.15, 0.2) is 0 Å². The van der Waals surface area contributed by atoms with Crippen LogP contribution >= 0.6 is 0 Å². The summed E-state index contributed by atoms with van der Waals surface area (Å²) in [6, 6.07) is 7.80. The number of ether oxygens (including phenoxy) is 2. The Bertz CT molecular complexity index is 600. The number of benzene rings is 1. The summed E-state index contributed by atoms with van der Waals surface area (Å²) < 4.78 is 10.8. The van der Waals surface area contributed by atoms with Crippen LogP contribution in [0.1, 0.15) is 25.3 Å². The van der Waals surface area contributed by atoms with Crippen molar-refractivity contribution in [2.75, 3.05) is 26.1 Å². The maximum absolute atomic E-state index is 6.02. The zero-order valence-electron chi connectivity index (χ0n) is 12.7. The van der Waals surface area contributed by atoms with Gasteiger partial charge < -0.3 is 15.2 Å². The maximum atomic E-state index is 6.02. The SMILES string of the molecule is COCCOc1ccccc1-c1ncnc(N)c1C(C)C. The predicted octanol–water partition coefficient (Wildman–Crippen LogP) is 2.87. The van der Waals surface area contributed by atoms with E-state index in [1.54, 1.807) is 7.11 Å². The molecule has 0 aliphatic rings. The molecule has 0 aliphatic heterocycles. The largest absolute Gasteiger partial charge is 0.490 e. The molecule has 2 rings (SSSR count). The number of nitrogens with zero attached hydrogens (tertiary/aromatic N) is 2. The highest BCUT2D eigenvalue weighted by molar-refractivity contribution is 5.73. The summed E-state index contributed by atoms with van der Waals surface area (Å²) in [7, 11) is 1.65. The van der Waals surface area contributed by atoms with Crippen molar-refractivity contribution in [2.24, 2.45) is 0 Å². The van der Waals surface area contributed by atoms with Gasteiger partial charge in [-0.2, -0.15) is 0 Å². The molecule has 0 radical (unpaired) electrons. The molecular formula is C16H21N3O2. The number of nitrogens with two attached hydrogens (primary N) is 1. The Morgan fingerprint density at radius 3 is 2.62 bits per heavy atom. The van der Waals surface area contributed by atoms with E-state index in [1.807, 2.05) is 24.3 Å². The summed E-state index contributed by atoms with van der Waals surface area (Å²) >= 11 is 0. The van der Waals surface area contributed by atoms with Crippen LogP contribution in [0.15, 0.2) is 30.6 Å². The lowest BCUT2D eigenvalue weighted by atomic mass is 9.97. The van der Waals surface area contributed by atoms with Gasteiger partial charge in [-0.3, -0.25) is 0 Å². The van der Waals surface area contributed by atoms with Crippen molar-refractivity contribution in [2.45, 2.75) is 19.8 Å². The molecule has 2 N–H and O–H groups in total. The van der Waals surface area contributed by atoms with Crippen molar-refractivity contribution in [3.05, 3.63) is 36.2 Å². The molecule has 0 bridgehead atoms. The van der Waals surface area contributed by atoms with Crippen molar-refractivity contribution in [3.63, 3.8) is 0 Å². The third-order valence-electron chi connectivity index (χ3n) is 3.18. The lowest BCUT2D eigenvalue weighted by molar-refractivity contribution is 0.146. The first-order valence-corrected chi connectivity index (χ1v) is 6.96. The van der Waals surface area contributed by atoms with Crippen LogP contribution in [-0.2, 0) is 4.74 Å². The molecular weight excluding hydrogens is 266 g/mol. The molecule has 0 saturated carbocycles. The third-order valence-corrected chi connectivity index (χ3v) is 3.18. The second-order valence-corrected chi connectivity index (χ2v) is 5.01. The number of nitrogen functional groups attached to an aromatic ring is 1. The topological polar surface area (TPSA) is 70.3 Å². The molecule has 0 atom stereocenters. The van der Waals surface area contributed by atoms with Crippen LogP contribution in [0.2, 0.25) is 0 Å². The predicted molar refractivity (Wildman–Crippen MR) is 83.3 cm³/mol. The van der Waals surface area contributed by atoms with Gasteiger partial charge in [0.05, 0.1) is 12.3 Å². The van der Waals surface area contributed by atoms with Crippen LogP contribution in [0.3, 0.4) is 0 Å². The van der Waals surface area contributed by atoms with Gasteiger partial charge in [-0.1, -0.05) is 26.0 Å². The molecule has 2 aromatic rings. The quantitative estimate of drug-likeness (QED) is 0.827. The highest BCUT2D eigenvalue weighted by atomic mass is 16.5. The zero-order valence-corrected chi connectivity index (χ0v) is 12.7. The number of aromatic nitrogens is 2. The molecule has 0 amide bonds. The van der Waals surface area contributed by atoms with Gasteiger partial charge >= 0.3 is 0 Å². The summed E-state index contributed by atoms with van der Waals surface area (Å²) in [5.41, 5.74) is 8.71. The minimum atomic E-state index is 0.230. The fourth-order valence-corrected chi connectivity index (χ4v) is 2.22. The van der Waals surface area contributed by atoms with Gasteiger partial charge in [-0.05, 0) is 18.1 Å². The first-order chi connectivity index (χ1) is 10.1. The average molecular weight is 287 g/mol. The van der Waals surface area contributed by atoms with E-state index >= 15 is 0 Å². The Balaban J connectivity index is 2.45. The first kappa shape index (κ1) is 15.3. The maximum Gasteiger partial charge on any atom is 0.130 e. The second-order valence-electron chi connectivity index (χ2n) is 5.01.